The lowest BCUT2D eigenvalue weighted by atomic mass is 10.1. The van der Waals surface area contributed by atoms with Gasteiger partial charge in [-0.15, -0.1) is 0 Å². The van der Waals surface area contributed by atoms with E-state index in [0.717, 1.165) is 11.4 Å². The van der Waals surface area contributed by atoms with E-state index >= 15 is 0 Å². The van der Waals surface area contributed by atoms with E-state index in [-0.39, 0.29) is 6.04 Å². The number of rotatable bonds is 4. The highest BCUT2D eigenvalue weighted by atomic mass is 32.1. The van der Waals surface area contributed by atoms with E-state index in [4.69, 9.17) is 12.2 Å². The van der Waals surface area contributed by atoms with Gasteiger partial charge < -0.3 is 15.2 Å². The summed E-state index contributed by atoms with van der Waals surface area (Å²) in [7, 11) is 0. The number of hydrogen-bond acceptors (Lipinski definition) is 2. The van der Waals surface area contributed by atoms with Crippen LogP contribution < -0.4 is 10.6 Å². The molecule has 4 nitrogen and oxygen atoms in total. The van der Waals surface area contributed by atoms with Gasteiger partial charge in [0.2, 0.25) is 0 Å². The van der Waals surface area contributed by atoms with Crippen LogP contribution in [-0.4, -0.2) is 14.7 Å². The van der Waals surface area contributed by atoms with Gasteiger partial charge >= 0.3 is 0 Å². The number of benzene rings is 2. The maximum atomic E-state index is 5.44. The minimum Gasteiger partial charge on any atom is -0.356 e. The number of hydrogen-bond donors (Lipinski definition) is 2. The van der Waals surface area contributed by atoms with E-state index in [2.05, 4.69) is 72.8 Å². The standard InChI is InChI=1S/C20H22N4S/c1-14-4-7-18(12-15(14)2)23-20(25)22-16(3)17-5-8-19(9-6-17)24-11-10-21-13-24/h4-13,16H,1-3H3,(H2,22,23,25)/t16-/m0/s1. The molecule has 0 bridgehead atoms. The summed E-state index contributed by atoms with van der Waals surface area (Å²) in [5.41, 5.74) is 5.78. The highest BCUT2D eigenvalue weighted by Crippen LogP contribution is 2.17. The number of aromatic nitrogens is 2. The molecule has 2 N–H and O–H groups in total. The molecular weight excluding hydrogens is 328 g/mol. The average Bonchev–Trinajstić information content (AvgIpc) is 3.13. The highest BCUT2D eigenvalue weighted by molar-refractivity contribution is 7.80. The highest BCUT2D eigenvalue weighted by Gasteiger charge is 2.08. The molecule has 1 aromatic heterocycles. The Hall–Kier alpha value is -2.66. The molecule has 25 heavy (non-hydrogen) atoms. The van der Waals surface area contributed by atoms with Crippen molar-refractivity contribution in [1.29, 1.82) is 0 Å². The number of aryl methyl sites for hydroxylation is 2. The molecule has 0 saturated heterocycles. The van der Waals surface area contributed by atoms with Crippen LogP contribution in [0.25, 0.3) is 5.69 Å². The monoisotopic (exact) mass is 350 g/mol. The van der Waals surface area contributed by atoms with Crippen molar-refractivity contribution < 1.29 is 0 Å². The molecule has 0 aliphatic rings. The van der Waals surface area contributed by atoms with Crippen molar-refractivity contribution in [2.45, 2.75) is 26.8 Å². The quantitative estimate of drug-likeness (QED) is 0.678. The Kier molecular flexibility index (Phi) is 5.14. The third-order valence-electron chi connectivity index (χ3n) is 4.31. The summed E-state index contributed by atoms with van der Waals surface area (Å²) in [5, 5.41) is 7.21. The summed E-state index contributed by atoms with van der Waals surface area (Å²) in [5.74, 6) is 0. The summed E-state index contributed by atoms with van der Waals surface area (Å²) in [6.07, 6.45) is 5.49. The summed E-state index contributed by atoms with van der Waals surface area (Å²) >= 11 is 5.44. The van der Waals surface area contributed by atoms with Gasteiger partial charge in [-0.25, -0.2) is 4.98 Å². The number of thiocarbonyl (C=S) groups is 1. The lowest BCUT2D eigenvalue weighted by Crippen LogP contribution is -2.30. The Morgan fingerprint density at radius 1 is 1.08 bits per heavy atom. The molecule has 0 unspecified atom stereocenters. The van der Waals surface area contributed by atoms with Crippen LogP contribution in [0.4, 0.5) is 5.69 Å². The summed E-state index contributed by atoms with van der Waals surface area (Å²) in [6, 6.07) is 14.7. The zero-order valence-electron chi connectivity index (χ0n) is 14.7. The molecule has 1 atom stereocenters. The summed E-state index contributed by atoms with van der Waals surface area (Å²) < 4.78 is 1.98. The van der Waals surface area contributed by atoms with Crippen molar-refractivity contribution in [3.63, 3.8) is 0 Å². The van der Waals surface area contributed by atoms with Gasteiger partial charge in [0.1, 0.15) is 0 Å². The molecule has 1 heterocycles. The van der Waals surface area contributed by atoms with Crippen LogP contribution in [0.5, 0.6) is 0 Å². The van der Waals surface area contributed by atoms with Gasteiger partial charge in [0.25, 0.3) is 0 Å². The second-order valence-corrected chi connectivity index (χ2v) is 6.59. The van der Waals surface area contributed by atoms with Gasteiger partial charge in [-0.1, -0.05) is 18.2 Å². The Morgan fingerprint density at radius 3 is 2.48 bits per heavy atom. The molecule has 0 saturated carbocycles. The van der Waals surface area contributed by atoms with Gasteiger partial charge in [-0.2, -0.15) is 0 Å². The molecule has 128 valence electrons. The van der Waals surface area contributed by atoms with Crippen LogP contribution in [0.1, 0.15) is 29.7 Å². The van der Waals surface area contributed by atoms with Gasteiger partial charge in [0.15, 0.2) is 5.11 Å². The van der Waals surface area contributed by atoms with Crippen LogP contribution in [-0.2, 0) is 0 Å². The third-order valence-corrected chi connectivity index (χ3v) is 4.53. The number of imidazole rings is 1. The number of anilines is 1. The minimum atomic E-state index is 0.114. The van der Waals surface area contributed by atoms with E-state index in [0.29, 0.717) is 5.11 Å². The van der Waals surface area contributed by atoms with Crippen molar-refractivity contribution in [2.24, 2.45) is 0 Å². The molecule has 2 aromatic carbocycles. The van der Waals surface area contributed by atoms with Crippen molar-refractivity contribution in [3.8, 4) is 5.69 Å². The first-order chi connectivity index (χ1) is 12.0. The Morgan fingerprint density at radius 2 is 1.84 bits per heavy atom. The molecule has 0 aliphatic heterocycles. The molecule has 0 spiro atoms. The van der Waals surface area contributed by atoms with Gasteiger partial charge in [0.05, 0.1) is 12.4 Å². The predicted octanol–water partition coefficient (Wildman–Crippen LogP) is 4.54. The topological polar surface area (TPSA) is 41.9 Å². The van der Waals surface area contributed by atoms with Crippen molar-refractivity contribution in [1.82, 2.24) is 14.9 Å². The Labute approximate surface area is 153 Å². The smallest absolute Gasteiger partial charge is 0.171 e. The van der Waals surface area contributed by atoms with E-state index in [1.165, 1.54) is 16.7 Å². The second-order valence-electron chi connectivity index (χ2n) is 6.18. The van der Waals surface area contributed by atoms with Gasteiger partial charge in [-0.05, 0) is 73.9 Å². The molecule has 0 aliphatic carbocycles. The van der Waals surface area contributed by atoms with E-state index in [1.807, 2.05) is 16.8 Å². The van der Waals surface area contributed by atoms with E-state index in [1.54, 1.807) is 12.5 Å². The largest absolute Gasteiger partial charge is 0.356 e. The molecule has 0 fully saturated rings. The van der Waals surface area contributed by atoms with Crippen LogP contribution in [0, 0.1) is 13.8 Å². The first-order valence-corrected chi connectivity index (χ1v) is 8.67. The number of nitrogens with one attached hydrogen (secondary N) is 2. The van der Waals surface area contributed by atoms with Crippen molar-refractivity contribution in [3.05, 3.63) is 77.9 Å². The van der Waals surface area contributed by atoms with Crippen LogP contribution in [0.15, 0.2) is 61.2 Å². The van der Waals surface area contributed by atoms with Crippen LogP contribution >= 0.6 is 12.2 Å². The summed E-state index contributed by atoms with van der Waals surface area (Å²) in [4.78, 5) is 4.07. The lowest BCUT2D eigenvalue weighted by molar-refractivity contribution is 0.722. The fraction of sp³-hybridized carbons (Fsp3) is 0.200. The predicted molar refractivity (Wildman–Crippen MR) is 107 cm³/mol. The molecule has 0 amide bonds. The fourth-order valence-electron chi connectivity index (χ4n) is 2.61. The maximum Gasteiger partial charge on any atom is 0.171 e. The zero-order valence-corrected chi connectivity index (χ0v) is 15.5. The minimum absolute atomic E-state index is 0.114. The fourth-order valence-corrected chi connectivity index (χ4v) is 2.91. The summed E-state index contributed by atoms with van der Waals surface area (Å²) in [6.45, 7) is 6.30. The first kappa shape index (κ1) is 17.2. The maximum absolute atomic E-state index is 5.44. The molecule has 5 heteroatoms. The molecule has 3 aromatic rings. The van der Waals surface area contributed by atoms with E-state index < -0.39 is 0 Å². The first-order valence-electron chi connectivity index (χ1n) is 8.26. The normalized spacial score (nSPS) is 11.8. The van der Waals surface area contributed by atoms with E-state index in [9.17, 15) is 0 Å². The zero-order chi connectivity index (χ0) is 17.8. The lowest BCUT2D eigenvalue weighted by Gasteiger charge is -2.18. The molecule has 3 rings (SSSR count). The Bertz CT molecular complexity index is 854. The molecular formula is C20H22N4S. The molecule has 0 radical (unpaired) electrons. The van der Waals surface area contributed by atoms with Gasteiger partial charge in [-0.3, -0.25) is 0 Å². The number of nitrogens with zero attached hydrogens (tertiary/aromatic N) is 2. The van der Waals surface area contributed by atoms with Crippen molar-refractivity contribution in [2.75, 3.05) is 5.32 Å². The van der Waals surface area contributed by atoms with Crippen molar-refractivity contribution >= 4 is 23.0 Å². The van der Waals surface area contributed by atoms with Crippen LogP contribution in [0.2, 0.25) is 0 Å². The van der Waals surface area contributed by atoms with Gasteiger partial charge in [0, 0.05) is 23.8 Å². The van der Waals surface area contributed by atoms with Crippen LogP contribution in [0.3, 0.4) is 0 Å². The second kappa shape index (κ2) is 7.49. The Balaban J connectivity index is 1.62. The third kappa shape index (κ3) is 4.25. The average molecular weight is 350 g/mol. The SMILES string of the molecule is Cc1ccc(NC(=S)N[C@@H](C)c2ccc(-n3ccnc3)cc2)cc1C.